The van der Waals surface area contributed by atoms with Crippen LogP contribution in [-0.4, -0.2) is 50.8 Å². The quantitative estimate of drug-likeness (QED) is 0.741. The first kappa shape index (κ1) is 17.2. The highest BCUT2D eigenvalue weighted by Gasteiger charge is 2.42. The summed E-state index contributed by atoms with van der Waals surface area (Å²) in [5.74, 6) is 0.354. The van der Waals surface area contributed by atoms with Crippen molar-refractivity contribution in [3.05, 3.63) is 15.8 Å². The summed E-state index contributed by atoms with van der Waals surface area (Å²) in [7, 11) is 2.29. The molecule has 2 rings (SSSR count). The third-order valence-corrected chi connectivity index (χ3v) is 8.05. The summed E-state index contributed by atoms with van der Waals surface area (Å²) in [5, 5.41) is 0. The second-order valence-corrected chi connectivity index (χ2v) is 9.62. The molecule has 0 radical (unpaired) electrons. The van der Waals surface area contributed by atoms with Gasteiger partial charge in [-0.1, -0.05) is 0 Å². The third kappa shape index (κ3) is 3.15. The molecule has 7 heteroatoms. The Morgan fingerprint density at radius 1 is 1.33 bits per heavy atom. The van der Waals surface area contributed by atoms with Gasteiger partial charge in [-0.05, 0) is 46.3 Å². The highest BCUT2D eigenvalue weighted by molar-refractivity contribution is 7.89. The Morgan fingerprint density at radius 2 is 1.95 bits per heavy atom. The number of alkyl halides is 1. The van der Waals surface area contributed by atoms with Crippen molar-refractivity contribution >= 4 is 33.0 Å². The van der Waals surface area contributed by atoms with Gasteiger partial charge in [0.05, 0.1) is 10.8 Å². The van der Waals surface area contributed by atoms with E-state index in [0.29, 0.717) is 17.3 Å². The van der Waals surface area contributed by atoms with Gasteiger partial charge >= 0.3 is 0 Å². The summed E-state index contributed by atoms with van der Waals surface area (Å²) in [6.07, 6.45) is 3.27. The largest absolute Gasteiger partial charge is 0.302 e. The number of sulfonamides is 1. The van der Waals surface area contributed by atoms with Crippen LogP contribution in [0.15, 0.2) is 11.0 Å². The number of hydrogen-bond acceptors (Lipinski definition) is 4. The third-order valence-electron chi connectivity index (χ3n) is 4.49. The van der Waals surface area contributed by atoms with E-state index < -0.39 is 10.0 Å². The summed E-state index contributed by atoms with van der Waals surface area (Å²) in [5.41, 5.74) is -0.0128. The summed E-state index contributed by atoms with van der Waals surface area (Å²) >= 11 is 7.27. The maximum atomic E-state index is 12.8. The van der Waals surface area contributed by atoms with Crippen LogP contribution in [0.3, 0.4) is 0 Å². The Hall–Kier alpha value is -0.140. The van der Waals surface area contributed by atoms with Crippen LogP contribution in [0.5, 0.6) is 0 Å². The second kappa shape index (κ2) is 6.16. The molecule has 4 nitrogen and oxygen atoms in total. The van der Waals surface area contributed by atoms with Crippen molar-refractivity contribution in [3.8, 4) is 0 Å². The van der Waals surface area contributed by atoms with Gasteiger partial charge in [-0.25, -0.2) is 8.42 Å². The molecular formula is C14H23ClN2O2S2. The van der Waals surface area contributed by atoms with Crippen molar-refractivity contribution in [3.63, 3.8) is 0 Å². The predicted octanol–water partition coefficient (Wildman–Crippen LogP) is 2.90. The molecule has 1 aliphatic rings. The minimum absolute atomic E-state index is 0.0128. The molecule has 0 N–H and O–H groups in total. The van der Waals surface area contributed by atoms with Crippen LogP contribution in [-0.2, 0) is 15.9 Å². The first-order chi connectivity index (χ1) is 9.73. The van der Waals surface area contributed by atoms with E-state index in [1.54, 1.807) is 13.1 Å². The molecule has 1 fully saturated rings. The number of nitrogens with zero attached hydrogens (tertiary/aromatic N) is 2. The molecule has 1 saturated carbocycles. The van der Waals surface area contributed by atoms with Gasteiger partial charge in [0.25, 0.3) is 0 Å². The minimum Gasteiger partial charge on any atom is -0.302 e. The normalized spacial score (nSPS) is 18.2. The minimum atomic E-state index is -3.44. The van der Waals surface area contributed by atoms with Crippen molar-refractivity contribution in [1.29, 1.82) is 0 Å². The topological polar surface area (TPSA) is 40.6 Å². The molecule has 1 heterocycles. The summed E-state index contributed by atoms with van der Waals surface area (Å²) in [6, 6.07) is 1.71. The molecule has 0 unspecified atom stereocenters. The van der Waals surface area contributed by atoms with Crippen LogP contribution in [0.2, 0.25) is 0 Å². The summed E-state index contributed by atoms with van der Waals surface area (Å²) in [6.45, 7) is 2.38. The van der Waals surface area contributed by atoms with Crippen molar-refractivity contribution < 1.29 is 8.42 Å². The molecule has 1 aromatic heterocycles. The van der Waals surface area contributed by atoms with Crippen LogP contribution in [0.1, 0.15) is 29.0 Å². The van der Waals surface area contributed by atoms with E-state index in [4.69, 9.17) is 11.6 Å². The number of thiophene rings is 1. The molecule has 0 bridgehead atoms. The number of rotatable bonds is 6. The molecule has 0 atom stereocenters. The average molecular weight is 351 g/mol. The number of halogens is 1. The van der Waals surface area contributed by atoms with E-state index in [1.165, 1.54) is 22.1 Å². The Balaban J connectivity index is 2.24. The van der Waals surface area contributed by atoms with Gasteiger partial charge in [-0.3, -0.25) is 0 Å². The van der Waals surface area contributed by atoms with Crippen LogP contribution >= 0.6 is 22.9 Å². The molecule has 1 aliphatic carbocycles. The van der Waals surface area contributed by atoms with E-state index in [0.717, 1.165) is 22.6 Å². The molecule has 120 valence electrons. The maximum absolute atomic E-state index is 12.8. The molecule has 1 aromatic rings. The van der Waals surface area contributed by atoms with E-state index >= 15 is 0 Å². The number of likely N-dealkylation sites (N-methyl/N-ethyl adjacent to an activating group) is 2. The monoisotopic (exact) mass is 350 g/mol. The summed E-state index contributed by atoms with van der Waals surface area (Å²) < 4.78 is 27.1. The lowest BCUT2D eigenvalue weighted by atomic mass is 9.75. The van der Waals surface area contributed by atoms with Gasteiger partial charge in [0.2, 0.25) is 10.0 Å². The first-order valence-corrected chi connectivity index (χ1v) is 9.81. The highest BCUT2D eigenvalue weighted by atomic mass is 35.5. The lowest BCUT2D eigenvalue weighted by Gasteiger charge is -2.48. The fourth-order valence-corrected chi connectivity index (χ4v) is 5.79. The Kier molecular flexibility index (Phi) is 5.05. The zero-order valence-electron chi connectivity index (χ0n) is 13.0. The number of aryl methyl sites for hydroxylation is 1. The lowest BCUT2D eigenvalue weighted by molar-refractivity contribution is 0.0455. The standard InChI is InChI=1S/C14H23ClN2O2S2/c1-11-13(8-12(9-15)20-11)21(18,19)17(4)10-14(16(2)3)6-5-7-14/h8H,5-7,9-10H2,1-4H3. The fourth-order valence-electron chi connectivity index (χ4n) is 2.85. The highest BCUT2D eigenvalue weighted by Crippen LogP contribution is 2.38. The van der Waals surface area contributed by atoms with Gasteiger partial charge in [-0.2, -0.15) is 4.31 Å². The van der Waals surface area contributed by atoms with E-state index in [1.807, 2.05) is 21.0 Å². The fraction of sp³-hybridized carbons (Fsp3) is 0.714. The lowest BCUT2D eigenvalue weighted by Crippen LogP contribution is -2.57. The van der Waals surface area contributed by atoms with Gasteiger partial charge in [0.15, 0.2) is 0 Å². The molecule has 0 saturated heterocycles. The van der Waals surface area contributed by atoms with Gasteiger partial charge in [0, 0.05) is 28.9 Å². The van der Waals surface area contributed by atoms with Gasteiger partial charge < -0.3 is 4.90 Å². The van der Waals surface area contributed by atoms with Crippen molar-refractivity contribution in [2.75, 3.05) is 27.7 Å². The predicted molar refractivity (Wildman–Crippen MR) is 88.7 cm³/mol. The number of hydrogen-bond donors (Lipinski definition) is 0. The average Bonchev–Trinajstić information content (AvgIpc) is 2.74. The maximum Gasteiger partial charge on any atom is 0.243 e. The molecular weight excluding hydrogens is 328 g/mol. The van der Waals surface area contributed by atoms with Crippen LogP contribution in [0.4, 0.5) is 0 Å². The summed E-state index contributed by atoms with van der Waals surface area (Å²) in [4.78, 5) is 4.27. The molecule has 0 spiro atoms. The van der Waals surface area contributed by atoms with Gasteiger partial charge in [-0.15, -0.1) is 22.9 Å². The van der Waals surface area contributed by atoms with Crippen molar-refractivity contribution in [2.45, 2.75) is 42.5 Å². The molecule has 0 aromatic carbocycles. The SMILES string of the molecule is Cc1sc(CCl)cc1S(=O)(=O)N(C)CC1(N(C)C)CCC1. The zero-order valence-corrected chi connectivity index (χ0v) is 15.4. The van der Waals surface area contributed by atoms with Crippen LogP contribution < -0.4 is 0 Å². The van der Waals surface area contributed by atoms with Crippen molar-refractivity contribution in [1.82, 2.24) is 9.21 Å². The van der Waals surface area contributed by atoms with Crippen LogP contribution in [0, 0.1) is 6.92 Å². The van der Waals surface area contributed by atoms with E-state index in [9.17, 15) is 8.42 Å². The molecule has 0 aliphatic heterocycles. The Morgan fingerprint density at radius 3 is 2.33 bits per heavy atom. The molecule has 21 heavy (non-hydrogen) atoms. The van der Waals surface area contributed by atoms with Gasteiger partial charge in [0.1, 0.15) is 0 Å². The van der Waals surface area contributed by atoms with E-state index in [2.05, 4.69) is 4.90 Å². The Bertz CT molecular complexity index is 606. The zero-order chi connectivity index (χ0) is 15.8. The smallest absolute Gasteiger partial charge is 0.243 e. The van der Waals surface area contributed by atoms with Crippen LogP contribution in [0.25, 0.3) is 0 Å². The Labute approximate surface area is 136 Å². The first-order valence-electron chi connectivity index (χ1n) is 7.02. The molecule has 0 amide bonds. The van der Waals surface area contributed by atoms with E-state index in [-0.39, 0.29) is 5.54 Å². The van der Waals surface area contributed by atoms with Crippen molar-refractivity contribution in [2.24, 2.45) is 0 Å². The second-order valence-electron chi connectivity index (χ2n) is 6.00.